The number of halogens is 1. The number of benzene rings is 3. The van der Waals surface area contributed by atoms with E-state index < -0.39 is 4.92 Å². The van der Waals surface area contributed by atoms with Gasteiger partial charge in [-0.1, -0.05) is 30.0 Å². The molecule has 0 unspecified atom stereocenters. The van der Waals surface area contributed by atoms with Gasteiger partial charge in [-0.05, 0) is 36.4 Å². The van der Waals surface area contributed by atoms with Gasteiger partial charge in [0, 0.05) is 27.5 Å². The van der Waals surface area contributed by atoms with Crippen LogP contribution in [0.3, 0.4) is 0 Å². The van der Waals surface area contributed by atoms with Gasteiger partial charge in [0.25, 0.3) is 5.69 Å². The maximum absolute atomic E-state index is 13.3. The lowest BCUT2D eigenvalue weighted by molar-refractivity contribution is -0.384. The van der Waals surface area contributed by atoms with Crippen LogP contribution in [-0.2, 0) is 0 Å². The summed E-state index contributed by atoms with van der Waals surface area (Å²) in [6.45, 7) is 0. The predicted octanol–water partition coefficient (Wildman–Crippen LogP) is 5.43. The van der Waals surface area contributed by atoms with E-state index in [9.17, 15) is 14.5 Å². The Balaban J connectivity index is 1.60. The molecule has 0 spiro atoms. The predicted molar refractivity (Wildman–Crippen MR) is 98.7 cm³/mol. The first-order chi connectivity index (χ1) is 12.6. The summed E-state index contributed by atoms with van der Waals surface area (Å²) in [6, 6.07) is 18.7. The number of hydrogen-bond donors (Lipinski definition) is 1. The van der Waals surface area contributed by atoms with Crippen LogP contribution in [0.25, 0.3) is 22.4 Å². The zero-order chi connectivity index (χ0) is 18.1. The second-order valence-corrected chi connectivity index (χ2v) is 6.77. The van der Waals surface area contributed by atoms with Gasteiger partial charge in [0.15, 0.2) is 0 Å². The van der Waals surface area contributed by atoms with Crippen LogP contribution in [0.1, 0.15) is 0 Å². The Morgan fingerprint density at radius 2 is 1.81 bits per heavy atom. The molecule has 1 heterocycles. The van der Waals surface area contributed by atoms with Crippen LogP contribution in [0, 0.1) is 15.9 Å². The summed E-state index contributed by atoms with van der Waals surface area (Å²) in [7, 11) is 0. The molecule has 4 rings (SSSR count). The molecule has 0 aliphatic heterocycles. The van der Waals surface area contributed by atoms with Crippen molar-refractivity contribution >= 4 is 28.5 Å². The number of imidazole rings is 1. The fourth-order valence-electron chi connectivity index (χ4n) is 2.60. The van der Waals surface area contributed by atoms with Crippen molar-refractivity contribution in [1.82, 2.24) is 9.97 Å². The van der Waals surface area contributed by atoms with Gasteiger partial charge in [-0.15, -0.1) is 0 Å². The highest BCUT2D eigenvalue weighted by Crippen LogP contribution is 2.30. The standard InChI is InChI=1S/C19H12FN3O2S/c20-13-2-1-3-16(10-13)26-15-7-4-12(5-8-15)19-21-17-9-6-14(23(24)25)11-18(17)22-19/h1-11H,(H,21,22). The average Bonchev–Trinajstić information content (AvgIpc) is 3.05. The van der Waals surface area contributed by atoms with E-state index in [0.717, 1.165) is 15.4 Å². The van der Waals surface area contributed by atoms with E-state index in [2.05, 4.69) is 9.97 Å². The van der Waals surface area contributed by atoms with Crippen molar-refractivity contribution < 1.29 is 9.31 Å². The minimum Gasteiger partial charge on any atom is -0.338 e. The van der Waals surface area contributed by atoms with Crippen molar-refractivity contribution in [1.29, 1.82) is 0 Å². The minimum absolute atomic E-state index is 0.0227. The van der Waals surface area contributed by atoms with Gasteiger partial charge >= 0.3 is 0 Å². The molecular weight excluding hydrogens is 353 g/mol. The molecule has 1 N–H and O–H groups in total. The second-order valence-electron chi connectivity index (χ2n) is 5.63. The van der Waals surface area contributed by atoms with E-state index in [-0.39, 0.29) is 11.5 Å². The van der Waals surface area contributed by atoms with Crippen molar-refractivity contribution in [3.63, 3.8) is 0 Å². The third-order valence-corrected chi connectivity index (χ3v) is 4.83. The molecule has 3 aromatic carbocycles. The molecule has 7 heteroatoms. The van der Waals surface area contributed by atoms with Gasteiger partial charge < -0.3 is 4.98 Å². The fourth-order valence-corrected chi connectivity index (χ4v) is 3.46. The number of nitro groups is 1. The zero-order valence-electron chi connectivity index (χ0n) is 13.3. The Morgan fingerprint density at radius 1 is 1.00 bits per heavy atom. The van der Waals surface area contributed by atoms with Gasteiger partial charge in [0.2, 0.25) is 0 Å². The summed E-state index contributed by atoms with van der Waals surface area (Å²) in [5.41, 5.74) is 2.18. The number of H-pyrrole nitrogens is 1. The topological polar surface area (TPSA) is 71.8 Å². The molecule has 0 atom stereocenters. The number of nitro benzene ring substituents is 1. The van der Waals surface area contributed by atoms with Gasteiger partial charge in [-0.2, -0.15) is 0 Å². The molecule has 0 radical (unpaired) electrons. The van der Waals surface area contributed by atoms with Crippen molar-refractivity contribution in [2.45, 2.75) is 9.79 Å². The molecule has 0 saturated heterocycles. The van der Waals surface area contributed by atoms with Crippen molar-refractivity contribution in [3.05, 3.63) is 82.7 Å². The molecule has 0 fully saturated rings. The number of non-ortho nitro benzene ring substituents is 1. The Morgan fingerprint density at radius 3 is 2.54 bits per heavy atom. The molecule has 0 aliphatic rings. The normalized spacial score (nSPS) is 11.0. The Labute approximate surface area is 152 Å². The number of aromatic amines is 1. The Hall–Kier alpha value is -3.19. The number of nitrogens with one attached hydrogen (secondary N) is 1. The van der Waals surface area contributed by atoms with E-state index in [1.54, 1.807) is 12.1 Å². The monoisotopic (exact) mass is 365 g/mol. The third kappa shape index (κ3) is 3.29. The maximum atomic E-state index is 13.3. The summed E-state index contributed by atoms with van der Waals surface area (Å²) < 4.78 is 13.3. The molecule has 0 amide bonds. The van der Waals surface area contributed by atoms with E-state index in [1.807, 2.05) is 30.3 Å². The maximum Gasteiger partial charge on any atom is 0.271 e. The quantitative estimate of drug-likeness (QED) is 0.387. The first-order valence-electron chi connectivity index (χ1n) is 7.76. The molecule has 4 aromatic rings. The second kappa shape index (κ2) is 6.61. The first-order valence-corrected chi connectivity index (χ1v) is 8.58. The molecular formula is C19H12FN3O2S. The smallest absolute Gasteiger partial charge is 0.271 e. The van der Waals surface area contributed by atoms with Crippen molar-refractivity contribution in [2.24, 2.45) is 0 Å². The summed E-state index contributed by atoms with van der Waals surface area (Å²) in [6.07, 6.45) is 0. The van der Waals surface area contributed by atoms with Crippen LogP contribution >= 0.6 is 11.8 Å². The van der Waals surface area contributed by atoms with Crippen molar-refractivity contribution in [2.75, 3.05) is 0 Å². The molecule has 1 aromatic heterocycles. The van der Waals surface area contributed by atoms with E-state index >= 15 is 0 Å². The van der Waals surface area contributed by atoms with Crippen LogP contribution in [0.5, 0.6) is 0 Å². The largest absolute Gasteiger partial charge is 0.338 e. The summed E-state index contributed by atoms with van der Waals surface area (Å²) >= 11 is 1.47. The number of nitrogens with zero attached hydrogens (tertiary/aromatic N) is 2. The lowest BCUT2D eigenvalue weighted by atomic mass is 10.2. The number of rotatable bonds is 4. The molecule has 26 heavy (non-hydrogen) atoms. The van der Waals surface area contributed by atoms with Gasteiger partial charge in [-0.25, -0.2) is 9.37 Å². The average molecular weight is 365 g/mol. The lowest BCUT2D eigenvalue weighted by Gasteiger charge is -2.03. The highest BCUT2D eigenvalue weighted by atomic mass is 32.2. The summed E-state index contributed by atoms with van der Waals surface area (Å²) in [5.74, 6) is 0.380. The van der Waals surface area contributed by atoms with Gasteiger partial charge in [0.1, 0.15) is 11.6 Å². The highest BCUT2D eigenvalue weighted by molar-refractivity contribution is 7.99. The van der Waals surface area contributed by atoms with E-state index in [1.165, 1.54) is 36.0 Å². The van der Waals surface area contributed by atoms with E-state index in [4.69, 9.17) is 0 Å². The Bertz CT molecular complexity index is 1110. The molecule has 0 saturated carbocycles. The van der Waals surface area contributed by atoms with E-state index in [0.29, 0.717) is 16.9 Å². The Kier molecular flexibility index (Phi) is 4.14. The zero-order valence-corrected chi connectivity index (χ0v) is 14.2. The molecule has 0 aliphatic carbocycles. The molecule has 0 bridgehead atoms. The minimum atomic E-state index is -0.432. The third-order valence-electron chi connectivity index (χ3n) is 3.84. The number of hydrogen-bond acceptors (Lipinski definition) is 4. The first kappa shape index (κ1) is 16.3. The SMILES string of the molecule is O=[N+]([O-])c1ccc2nc(-c3ccc(Sc4cccc(F)c4)cc3)[nH]c2c1. The highest BCUT2D eigenvalue weighted by Gasteiger charge is 2.10. The van der Waals surface area contributed by atoms with Gasteiger partial charge in [-0.3, -0.25) is 10.1 Å². The van der Waals surface area contributed by atoms with Crippen LogP contribution in [0.2, 0.25) is 0 Å². The molecule has 128 valence electrons. The fraction of sp³-hybridized carbons (Fsp3) is 0. The lowest BCUT2D eigenvalue weighted by Crippen LogP contribution is -1.86. The van der Waals surface area contributed by atoms with Crippen LogP contribution in [0.15, 0.2) is 76.5 Å². The van der Waals surface area contributed by atoms with Crippen LogP contribution in [0.4, 0.5) is 10.1 Å². The molecule has 5 nitrogen and oxygen atoms in total. The van der Waals surface area contributed by atoms with Crippen molar-refractivity contribution in [3.8, 4) is 11.4 Å². The van der Waals surface area contributed by atoms with Crippen LogP contribution < -0.4 is 0 Å². The van der Waals surface area contributed by atoms with Crippen LogP contribution in [-0.4, -0.2) is 14.9 Å². The van der Waals surface area contributed by atoms with Gasteiger partial charge in [0.05, 0.1) is 16.0 Å². The number of fused-ring (bicyclic) bond motifs is 1. The number of aromatic nitrogens is 2. The summed E-state index contributed by atoms with van der Waals surface area (Å²) in [5, 5.41) is 10.9. The summed E-state index contributed by atoms with van der Waals surface area (Å²) in [4.78, 5) is 19.8.